The molecule has 6 atom stereocenters. The molecule has 0 fully saturated rings. The first-order valence-electron chi connectivity index (χ1n) is 37.2. The van der Waals surface area contributed by atoms with Crippen molar-refractivity contribution in [2.75, 3.05) is 39.6 Å². The Labute approximate surface area is 556 Å². The second-order valence-electron chi connectivity index (χ2n) is 27.6. The van der Waals surface area contributed by atoms with Crippen LogP contribution in [0.2, 0.25) is 0 Å². The third-order valence-electron chi connectivity index (χ3n) is 16.9. The van der Waals surface area contributed by atoms with E-state index in [2.05, 4.69) is 55.4 Å². The number of aliphatic hydroxyl groups excluding tert-OH is 1. The number of phosphoric acid groups is 2. The highest BCUT2D eigenvalue weighted by Crippen LogP contribution is 2.45. The summed E-state index contributed by atoms with van der Waals surface area (Å²) in [5, 5.41) is 10.6. The largest absolute Gasteiger partial charge is 0.472 e. The van der Waals surface area contributed by atoms with Gasteiger partial charge in [-0.2, -0.15) is 0 Å². The molecule has 0 aliphatic rings. The maximum atomic E-state index is 13.0. The third-order valence-corrected chi connectivity index (χ3v) is 18.8. The Morgan fingerprint density at radius 2 is 0.527 bits per heavy atom. The molecule has 0 aliphatic carbocycles. The summed E-state index contributed by atoms with van der Waals surface area (Å²) >= 11 is 0. The number of ether oxygens (including phenoxy) is 4. The van der Waals surface area contributed by atoms with Crippen molar-refractivity contribution in [3.8, 4) is 0 Å². The van der Waals surface area contributed by atoms with Crippen LogP contribution in [0.4, 0.5) is 0 Å². The van der Waals surface area contributed by atoms with Crippen LogP contribution in [0.3, 0.4) is 0 Å². The molecule has 91 heavy (non-hydrogen) atoms. The van der Waals surface area contributed by atoms with Gasteiger partial charge in [0.25, 0.3) is 0 Å². The van der Waals surface area contributed by atoms with Crippen molar-refractivity contribution >= 4 is 39.5 Å². The van der Waals surface area contributed by atoms with E-state index in [1.165, 1.54) is 154 Å². The molecule has 0 saturated carbocycles. The van der Waals surface area contributed by atoms with Crippen molar-refractivity contribution in [2.45, 2.75) is 375 Å². The lowest BCUT2D eigenvalue weighted by molar-refractivity contribution is -0.161. The van der Waals surface area contributed by atoms with Gasteiger partial charge in [-0.15, -0.1) is 0 Å². The summed E-state index contributed by atoms with van der Waals surface area (Å²) < 4.78 is 68.3. The zero-order chi connectivity index (χ0) is 67.5. The van der Waals surface area contributed by atoms with E-state index in [1.807, 2.05) is 0 Å². The zero-order valence-electron chi connectivity index (χ0n) is 59.5. The van der Waals surface area contributed by atoms with Gasteiger partial charge in [0.1, 0.15) is 19.3 Å². The normalized spacial score (nSPS) is 14.5. The van der Waals surface area contributed by atoms with Crippen molar-refractivity contribution in [2.24, 2.45) is 23.7 Å². The molecule has 0 aromatic rings. The van der Waals surface area contributed by atoms with Crippen LogP contribution < -0.4 is 0 Å². The predicted octanol–water partition coefficient (Wildman–Crippen LogP) is 20.5. The molecule has 0 saturated heterocycles. The molecule has 0 rings (SSSR count). The van der Waals surface area contributed by atoms with E-state index in [0.717, 1.165) is 108 Å². The van der Waals surface area contributed by atoms with E-state index in [-0.39, 0.29) is 25.7 Å². The van der Waals surface area contributed by atoms with E-state index in [9.17, 15) is 43.2 Å². The summed E-state index contributed by atoms with van der Waals surface area (Å²) in [6.07, 6.45) is 44.7. The molecule has 0 radical (unpaired) electrons. The topological polar surface area (TPSA) is 237 Å². The molecule has 540 valence electrons. The maximum absolute atomic E-state index is 13.0. The molecule has 0 spiro atoms. The number of carbonyl (C=O) groups excluding carboxylic acids is 4. The van der Waals surface area contributed by atoms with Crippen LogP contribution >= 0.6 is 15.6 Å². The lowest BCUT2D eigenvalue weighted by Crippen LogP contribution is -2.30. The molecule has 0 aliphatic heterocycles. The van der Waals surface area contributed by atoms with Crippen molar-refractivity contribution in [1.29, 1.82) is 0 Å². The monoisotopic (exact) mass is 1340 g/mol. The van der Waals surface area contributed by atoms with Gasteiger partial charge in [0.05, 0.1) is 26.4 Å². The molecular formula is C72H140O17P2. The molecule has 0 aromatic carbocycles. The highest BCUT2D eigenvalue weighted by atomic mass is 31.2. The van der Waals surface area contributed by atoms with E-state index in [1.54, 1.807) is 0 Å². The van der Waals surface area contributed by atoms with E-state index < -0.39 is 97.5 Å². The third kappa shape index (κ3) is 65.1. The maximum Gasteiger partial charge on any atom is 0.472 e. The molecule has 17 nitrogen and oxygen atoms in total. The zero-order valence-corrected chi connectivity index (χ0v) is 61.3. The first kappa shape index (κ1) is 89.1. The number of rotatable bonds is 69. The van der Waals surface area contributed by atoms with Gasteiger partial charge in [0.15, 0.2) is 12.2 Å². The van der Waals surface area contributed by atoms with Gasteiger partial charge < -0.3 is 33.8 Å². The summed E-state index contributed by atoms with van der Waals surface area (Å²) in [6, 6.07) is 0. The quantitative estimate of drug-likeness (QED) is 0.0222. The summed E-state index contributed by atoms with van der Waals surface area (Å²) in [5.74, 6) is 0.852. The summed E-state index contributed by atoms with van der Waals surface area (Å²) in [5.41, 5.74) is 0. The number of esters is 4. The number of hydrogen-bond donors (Lipinski definition) is 3. The van der Waals surface area contributed by atoms with Gasteiger partial charge in [-0.3, -0.25) is 37.3 Å². The second kappa shape index (κ2) is 61.6. The fourth-order valence-electron chi connectivity index (χ4n) is 10.8. The Morgan fingerprint density at radius 1 is 0.308 bits per heavy atom. The second-order valence-corrected chi connectivity index (χ2v) is 30.6. The average Bonchev–Trinajstić information content (AvgIpc) is 3.67. The summed E-state index contributed by atoms with van der Waals surface area (Å²) in [4.78, 5) is 72.5. The molecule has 4 unspecified atom stereocenters. The minimum absolute atomic E-state index is 0.102. The minimum atomic E-state index is -4.95. The van der Waals surface area contributed by atoms with Gasteiger partial charge in [0.2, 0.25) is 0 Å². The highest BCUT2D eigenvalue weighted by Gasteiger charge is 2.30. The first-order valence-corrected chi connectivity index (χ1v) is 40.2. The lowest BCUT2D eigenvalue weighted by atomic mass is 9.99. The Morgan fingerprint density at radius 3 is 0.780 bits per heavy atom. The molecule has 0 heterocycles. The first-order chi connectivity index (χ1) is 43.6. The number of phosphoric ester groups is 2. The van der Waals surface area contributed by atoms with Gasteiger partial charge in [0, 0.05) is 25.7 Å². The molecule has 19 heteroatoms. The Hall–Kier alpha value is -1.94. The number of hydrogen-bond acceptors (Lipinski definition) is 15. The highest BCUT2D eigenvalue weighted by molar-refractivity contribution is 7.47. The average molecular weight is 1340 g/mol. The van der Waals surface area contributed by atoms with Gasteiger partial charge in [-0.1, -0.05) is 306 Å². The van der Waals surface area contributed by atoms with Crippen LogP contribution in [0.25, 0.3) is 0 Å². The van der Waals surface area contributed by atoms with E-state index >= 15 is 0 Å². The van der Waals surface area contributed by atoms with Gasteiger partial charge in [-0.25, -0.2) is 9.13 Å². The van der Waals surface area contributed by atoms with Crippen LogP contribution in [-0.2, 0) is 65.4 Å². The van der Waals surface area contributed by atoms with E-state index in [0.29, 0.717) is 37.5 Å². The van der Waals surface area contributed by atoms with Crippen molar-refractivity contribution in [3.05, 3.63) is 0 Å². The van der Waals surface area contributed by atoms with Crippen LogP contribution in [-0.4, -0.2) is 96.7 Å². The fraction of sp³-hybridized carbons (Fsp3) is 0.944. The van der Waals surface area contributed by atoms with Crippen molar-refractivity contribution in [3.63, 3.8) is 0 Å². The molecule has 0 aromatic heterocycles. The number of aliphatic hydroxyl groups is 1. The Bertz CT molecular complexity index is 1800. The van der Waals surface area contributed by atoms with Crippen LogP contribution in [0.15, 0.2) is 0 Å². The summed E-state index contributed by atoms with van der Waals surface area (Å²) in [6.45, 7) is 14.1. The van der Waals surface area contributed by atoms with Crippen LogP contribution in [0.5, 0.6) is 0 Å². The lowest BCUT2D eigenvalue weighted by Gasteiger charge is -2.21. The predicted molar refractivity (Wildman–Crippen MR) is 367 cm³/mol. The number of unbranched alkanes of at least 4 members (excludes halogenated alkanes) is 34. The van der Waals surface area contributed by atoms with Gasteiger partial charge >= 0.3 is 39.5 Å². The molecule has 3 N–H and O–H groups in total. The van der Waals surface area contributed by atoms with Crippen molar-refractivity contribution in [1.82, 2.24) is 0 Å². The standard InChI is InChI=1S/C72H140O17P2/c1-9-65(8)51-43-35-27-20-21-29-38-46-54-71(76)88-67(58-82-69(74)52-44-36-28-19-17-15-13-11-10-12-14-16-18-24-32-40-48-62(2)3)60-86-90(78,79)84-56-66(73)57-85-91(80,81)87-61-68(89-72(77)55-47-39-31-23-26-34-42-50-64(6)7)59-83-70(75)53-45-37-30-22-25-33-41-49-63(4)5/h62-68,73H,9-61H2,1-8H3,(H,78,79)(H,80,81)/t65?,66?,67-,68-/m1/s1. The Kier molecular flexibility index (Phi) is 60.3. The smallest absolute Gasteiger partial charge is 0.462 e. The summed E-state index contributed by atoms with van der Waals surface area (Å²) in [7, 11) is -9.90. The molecule has 0 amide bonds. The van der Waals surface area contributed by atoms with Crippen LogP contribution in [0.1, 0.15) is 357 Å². The van der Waals surface area contributed by atoms with E-state index in [4.69, 9.17) is 37.0 Å². The fourth-order valence-corrected chi connectivity index (χ4v) is 12.4. The van der Waals surface area contributed by atoms with Crippen LogP contribution in [0, 0.1) is 23.7 Å². The van der Waals surface area contributed by atoms with Crippen molar-refractivity contribution < 1.29 is 80.2 Å². The van der Waals surface area contributed by atoms with Gasteiger partial charge in [-0.05, 0) is 49.4 Å². The Balaban J connectivity index is 5.19. The molecule has 0 bridgehead atoms. The number of carbonyl (C=O) groups is 4. The molecular weight excluding hydrogens is 1200 g/mol. The SMILES string of the molecule is CCC(C)CCCCCCCCCCC(=O)O[C@H](COC(=O)CCCCCCCCCCCCCCCCCCC(C)C)COP(=O)(O)OCC(O)COP(=O)(O)OC[C@@H](COC(=O)CCCCCCCCCC(C)C)OC(=O)CCCCCCCCCC(C)C. The minimum Gasteiger partial charge on any atom is -0.462 e.